The lowest BCUT2D eigenvalue weighted by Gasteiger charge is -2.41. The number of para-hydroxylation sites is 1. The second-order valence-electron chi connectivity index (χ2n) is 13.2. The van der Waals surface area contributed by atoms with Crippen molar-refractivity contribution in [2.75, 3.05) is 63.2 Å². The highest BCUT2D eigenvalue weighted by Gasteiger charge is 2.39. The van der Waals surface area contributed by atoms with Gasteiger partial charge in [-0.2, -0.15) is 28.4 Å². The van der Waals surface area contributed by atoms with Crippen LogP contribution in [0.4, 0.5) is 29.1 Å². The molecule has 5 rings (SSSR count). The van der Waals surface area contributed by atoms with E-state index in [9.17, 15) is 23.2 Å². The minimum atomic E-state index is -4.74. The number of hydrogen-bond donors (Lipinski definition) is 0. The molecule has 1 aliphatic carbocycles. The molecule has 13 heteroatoms. The molecule has 3 aliphatic rings. The summed E-state index contributed by atoms with van der Waals surface area (Å²) in [5.41, 5.74) is -0.381. The van der Waals surface area contributed by atoms with E-state index in [0.717, 1.165) is 56.0 Å². The molecular weight excluding hydrogens is 614 g/mol. The first-order valence-corrected chi connectivity index (χ1v) is 16.3. The molecule has 1 aromatic carbocycles. The molecule has 1 amide bonds. The Bertz CT molecular complexity index is 1490. The van der Waals surface area contributed by atoms with Crippen LogP contribution < -0.4 is 14.5 Å². The van der Waals surface area contributed by atoms with Crippen molar-refractivity contribution in [2.24, 2.45) is 5.41 Å². The minimum Gasteiger partial charge on any atom is -0.463 e. The zero-order valence-electron chi connectivity index (χ0n) is 27.2. The third-order valence-corrected chi connectivity index (χ3v) is 9.49. The summed E-state index contributed by atoms with van der Waals surface area (Å²) in [6.07, 6.45) is 2.88. The van der Waals surface area contributed by atoms with Gasteiger partial charge in [-0.05, 0) is 58.0 Å². The van der Waals surface area contributed by atoms with Crippen LogP contribution in [0, 0.1) is 22.6 Å². The number of ether oxygens (including phenoxy) is 1. The fourth-order valence-corrected chi connectivity index (χ4v) is 7.44. The van der Waals surface area contributed by atoms with Crippen molar-refractivity contribution in [3.63, 3.8) is 0 Å². The summed E-state index contributed by atoms with van der Waals surface area (Å²) in [5.74, 6) is -0.621. The largest absolute Gasteiger partial charge is 0.463 e. The number of nitrogens with zero attached hydrogens (tertiary/aromatic N) is 7. The molecule has 1 saturated carbocycles. The van der Waals surface area contributed by atoms with E-state index in [1.165, 1.54) is 17.4 Å². The summed E-state index contributed by atoms with van der Waals surface area (Å²) in [5, 5.41) is 9.54. The summed E-state index contributed by atoms with van der Waals surface area (Å²) in [4.78, 5) is 29.5. The van der Waals surface area contributed by atoms with Crippen molar-refractivity contribution in [1.29, 1.82) is 5.26 Å². The average Bonchev–Trinajstić information content (AvgIpc) is 3.25. The van der Waals surface area contributed by atoms with Gasteiger partial charge in [0.2, 0.25) is 5.91 Å². The van der Waals surface area contributed by atoms with E-state index < -0.39 is 29.3 Å². The topological polar surface area (TPSA) is 88.8 Å². The number of alkyl halides is 3. The smallest absolute Gasteiger partial charge is 0.418 e. The highest BCUT2D eigenvalue weighted by molar-refractivity contribution is 5.87. The molecule has 0 N–H and O–H groups in total. The van der Waals surface area contributed by atoms with Crippen molar-refractivity contribution in [3.8, 4) is 12.1 Å². The lowest BCUT2D eigenvalue weighted by Crippen LogP contribution is -2.55. The molecule has 2 aliphatic heterocycles. The molecule has 0 spiro atoms. The third-order valence-electron chi connectivity index (χ3n) is 9.49. The predicted octanol–water partition coefficient (Wildman–Crippen LogP) is 5.60. The van der Waals surface area contributed by atoms with Crippen LogP contribution in [0.3, 0.4) is 0 Å². The maximum atomic E-state index is 15.2. The zero-order valence-corrected chi connectivity index (χ0v) is 27.2. The molecule has 0 radical (unpaired) electrons. The summed E-state index contributed by atoms with van der Waals surface area (Å²) in [6.45, 7) is 6.03. The lowest BCUT2D eigenvalue weighted by atomic mass is 9.74. The summed E-state index contributed by atoms with van der Waals surface area (Å²) >= 11 is 0. The van der Waals surface area contributed by atoms with E-state index in [4.69, 9.17) is 14.7 Å². The van der Waals surface area contributed by atoms with Gasteiger partial charge in [0.1, 0.15) is 11.6 Å². The number of carbonyl (C=O) groups is 1. The van der Waals surface area contributed by atoms with Crippen LogP contribution in [0.1, 0.15) is 61.8 Å². The van der Waals surface area contributed by atoms with Crippen molar-refractivity contribution in [3.05, 3.63) is 53.5 Å². The van der Waals surface area contributed by atoms with Gasteiger partial charge >= 0.3 is 12.2 Å². The average molecular weight is 658 g/mol. The Morgan fingerprint density at radius 3 is 2.60 bits per heavy atom. The molecule has 2 aromatic rings. The highest BCUT2D eigenvalue weighted by atomic mass is 19.4. The van der Waals surface area contributed by atoms with Gasteiger partial charge < -0.3 is 24.3 Å². The van der Waals surface area contributed by atoms with E-state index in [1.807, 2.05) is 19.0 Å². The Morgan fingerprint density at radius 2 is 1.91 bits per heavy atom. The Balaban J connectivity index is 1.54. The van der Waals surface area contributed by atoms with Crippen LogP contribution >= 0.6 is 0 Å². The summed E-state index contributed by atoms with van der Waals surface area (Å²) in [7, 11) is 4.07. The number of carbonyl (C=O) groups excluding carboxylic acids is 1. The monoisotopic (exact) mass is 657 g/mol. The second kappa shape index (κ2) is 14.5. The van der Waals surface area contributed by atoms with Gasteiger partial charge in [-0.1, -0.05) is 31.9 Å². The van der Waals surface area contributed by atoms with E-state index in [2.05, 4.69) is 17.5 Å². The number of benzene rings is 1. The van der Waals surface area contributed by atoms with Gasteiger partial charge in [-0.15, -0.1) is 0 Å². The van der Waals surface area contributed by atoms with Crippen molar-refractivity contribution in [1.82, 2.24) is 19.8 Å². The number of rotatable bonds is 9. The molecule has 1 atom stereocenters. The van der Waals surface area contributed by atoms with E-state index >= 15 is 4.39 Å². The molecule has 0 unspecified atom stereocenters. The number of nitriles is 1. The first-order chi connectivity index (χ1) is 22.4. The van der Waals surface area contributed by atoms with Crippen molar-refractivity contribution >= 4 is 17.4 Å². The fraction of sp³-hybridized carbons (Fsp3) is 0.588. The van der Waals surface area contributed by atoms with E-state index in [-0.39, 0.29) is 36.8 Å². The Kier molecular flexibility index (Phi) is 10.6. The molecule has 2 fully saturated rings. The van der Waals surface area contributed by atoms with Gasteiger partial charge in [-0.25, -0.2) is 4.39 Å². The first-order valence-electron chi connectivity index (χ1n) is 16.3. The summed E-state index contributed by atoms with van der Waals surface area (Å²) < 4.78 is 63.8. The SMILES string of the molecule is C=CC(=O)N1CCN(c2nc(OCC3(CN(C)C)CCCCC3)nc3c2CCCN(c2c(F)cccc2C(F)(F)F)C3)C[C@@H]1CC#N. The standard InChI is InChI=1S/C34H43F4N7O2/c1-4-29(46)45-19-18-44(20-24(45)13-16-39)31-25-10-9-17-43(30-26(34(36,37)38)11-8-12-27(30)35)21-28(25)40-32(41-31)47-23-33(22-42(2)3)14-6-5-7-15-33/h4,8,11-12,24H,1,5-7,9-10,13-15,17-23H2,2-3H3/t24-/m0/s1. The van der Waals surface area contributed by atoms with Gasteiger partial charge in [0.05, 0.1) is 48.6 Å². The van der Waals surface area contributed by atoms with E-state index in [0.29, 0.717) is 50.6 Å². The molecule has 1 aromatic heterocycles. The normalized spacial score (nSPS) is 20.0. The Morgan fingerprint density at radius 1 is 1.15 bits per heavy atom. The fourth-order valence-electron chi connectivity index (χ4n) is 7.44. The van der Waals surface area contributed by atoms with Crippen LogP contribution in [0.15, 0.2) is 30.9 Å². The Labute approximate surface area is 273 Å². The maximum absolute atomic E-state index is 15.2. The molecule has 9 nitrogen and oxygen atoms in total. The molecule has 3 heterocycles. The van der Waals surface area contributed by atoms with Gasteiger partial charge in [0, 0.05) is 43.7 Å². The third kappa shape index (κ3) is 7.80. The predicted molar refractivity (Wildman–Crippen MR) is 171 cm³/mol. The molecular formula is C34H43F4N7O2. The second-order valence-corrected chi connectivity index (χ2v) is 13.2. The highest BCUT2D eigenvalue weighted by Crippen LogP contribution is 2.41. The van der Waals surface area contributed by atoms with Crippen LogP contribution in [-0.4, -0.2) is 85.1 Å². The van der Waals surface area contributed by atoms with E-state index in [1.54, 1.807) is 4.90 Å². The van der Waals surface area contributed by atoms with Gasteiger partial charge in [-0.3, -0.25) is 4.79 Å². The quantitative estimate of drug-likeness (QED) is 0.255. The zero-order chi connectivity index (χ0) is 33.8. The minimum absolute atomic E-state index is 0.0649. The van der Waals surface area contributed by atoms with Gasteiger partial charge in [0.15, 0.2) is 0 Å². The van der Waals surface area contributed by atoms with Crippen LogP contribution in [0.5, 0.6) is 6.01 Å². The van der Waals surface area contributed by atoms with Crippen LogP contribution in [0.25, 0.3) is 0 Å². The molecule has 254 valence electrons. The Hall–Kier alpha value is -3.92. The lowest BCUT2D eigenvalue weighted by molar-refractivity contribution is -0.137. The number of anilines is 2. The number of halogens is 4. The number of amides is 1. The molecule has 0 bridgehead atoms. The summed E-state index contributed by atoms with van der Waals surface area (Å²) in [6, 6.07) is 4.91. The molecule has 47 heavy (non-hydrogen) atoms. The number of piperazine rings is 1. The van der Waals surface area contributed by atoms with Crippen molar-refractivity contribution in [2.45, 2.75) is 70.1 Å². The number of aromatic nitrogens is 2. The molecule has 1 saturated heterocycles. The number of hydrogen-bond acceptors (Lipinski definition) is 8. The van der Waals surface area contributed by atoms with Crippen LogP contribution in [-0.2, 0) is 23.9 Å². The van der Waals surface area contributed by atoms with Crippen molar-refractivity contribution < 1.29 is 27.1 Å². The van der Waals surface area contributed by atoms with Gasteiger partial charge in [0.25, 0.3) is 0 Å². The number of fused-ring (bicyclic) bond motifs is 1. The first kappa shape index (κ1) is 34.4. The maximum Gasteiger partial charge on any atom is 0.418 e. The van der Waals surface area contributed by atoms with Crippen LogP contribution in [0.2, 0.25) is 0 Å².